The first-order valence-electron chi connectivity index (χ1n) is 6.34. The van der Waals surface area contributed by atoms with Gasteiger partial charge in [0.25, 0.3) is 0 Å². The highest BCUT2D eigenvalue weighted by atomic mass is 16.5. The van der Waals surface area contributed by atoms with Gasteiger partial charge in [0.2, 0.25) is 0 Å². The van der Waals surface area contributed by atoms with Crippen molar-refractivity contribution in [3.05, 3.63) is 12.7 Å². The minimum atomic E-state index is -0.751. The van der Waals surface area contributed by atoms with Crippen LogP contribution in [0, 0.1) is 11.3 Å². The first kappa shape index (κ1) is 12.9. The molecule has 2 saturated carbocycles. The number of rotatable bonds is 5. The standard InChI is InChI=1S/C13H19NO4/c1-2-6-18-12(17)14-10-7-9(8-11(15)16)13(10)4-3-5-13/h2,9-10H,1,3-8H2,(H,14,17)(H,15,16)/t9-,10-/m0/s1. The number of hydrogen-bond acceptors (Lipinski definition) is 3. The van der Waals surface area contributed by atoms with E-state index in [0.717, 1.165) is 25.7 Å². The number of ether oxygens (including phenoxy) is 1. The van der Waals surface area contributed by atoms with E-state index in [0.29, 0.717) is 0 Å². The van der Waals surface area contributed by atoms with E-state index in [4.69, 9.17) is 9.84 Å². The summed E-state index contributed by atoms with van der Waals surface area (Å²) in [6, 6.07) is 0.0768. The fourth-order valence-electron chi connectivity index (χ4n) is 3.24. The van der Waals surface area contributed by atoms with Crippen molar-refractivity contribution < 1.29 is 19.4 Å². The van der Waals surface area contributed by atoms with Gasteiger partial charge in [-0.3, -0.25) is 4.79 Å². The lowest BCUT2D eigenvalue weighted by atomic mass is 9.46. The summed E-state index contributed by atoms with van der Waals surface area (Å²) in [5.74, 6) is -0.549. The zero-order valence-electron chi connectivity index (χ0n) is 10.4. The van der Waals surface area contributed by atoms with Crippen LogP contribution in [0.25, 0.3) is 0 Å². The fraction of sp³-hybridized carbons (Fsp3) is 0.692. The largest absolute Gasteiger partial charge is 0.481 e. The third kappa shape index (κ3) is 2.21. The van der Waals surface area contributed by atoms with Crippen LogP contribution >= 0.6 is 0 Å². The lowest BCUT2D eigenvalue weighted by Gasteiger charge is -2.61. The molecule has 1 spiro atoms. The summed E-state index contributed by atoms with van der Waals surface area (Å²) in [4.78, 5) is 22.2. The number of carboxylic acid groups (broad SMARTS) is 1. The van der Waals surface area contributed by atoms with Crippen molar-refractivity contribution >= 4 is 12.1 Å². The van der Waals surface area contributed by atoms with Gasteiger partial charge in [0.1, 0.15) is 6.61 Å². The summed E-state index contributed by atoms with van der Waals surface area (Å²) in [7, 11) is 0. The molecule has 0 bridgehead atoms. The average molecular weight is 253 g/mol. The van der Waals surface area contributed by atoms with E-state index in [1.54, 1.807) is 0 Å². The van der Waals surface area contributed by atoms with Gasteiger partial charge in [-0.05, 0) is 30.6 Å². The number of aliphatic carboxylic acids is 1. The maximum atomic E-state index is 11.5. The van der Waals surface area contributed by atoms with Crippen molar-refractivity contribution in [2.45, 2.75) is 38.1 Å². The minimum absolute atomic E-state index is 0.0194. The van der Waals surface area contributed by atoms with Crippen LogP contribution < -0.4 is 5.32 Å². The Morgan fingerprint density at radius 3 is 2.72 bits per heavy atom. The molecule has 2 rings (SSSR count). The second-order valence-corrected chi connectivity index (χ2v) is 5.20. The van der Waals surface area contributed by atoms with Crippen LogP contribution in [0.15, 0.2) is 12.7 Å². The summed E-state index contributed by atoms with van der Waals surface area (Å²) in [6.45, 7) is 3.67. The summed E-state index contributed by atoms with van der Waals surface area (Å²) in [6.07, 6.45) is 5.19. The molecular weight excluding hydrogens is 234 g/mol. The smallest absolute Gasteiger partial charge is 0.407 e. The van der Waals surface area contributed by atoms with Crippen LogP contribution in [0.5, 0.6) is 0 Å². The molecule has 0 aliphatic heterocycles. The predicted molar refractivity (Wildman–Crippen MR) is 65.1 cm³/mol. The monoisotopic (exact) mass is 253 g/mol. The highest BCUT2D eigenvalue weighted by Crippen LogP contribution is 2.60. The molecule has 0 aromatic rings. The van der Waals surface area contributed by atoms with E-state index < -0.39 is 12.1 Å². The van der Waals surface area contributed by atoms with Gasteiger partial charge in [0.15, 0.2) is 0 Å². The molecule has 2 aliphatic rings. The Hall–Kier alpha value is -1.52. The number of hydrogen-bond donors (Lipinski definition) is 2. The van der Waals surface area contributed by atoms with Crippen molar-refractivity contribution in [2.24, 2.45) is 11.3 Å². The van der Waals surface area contributed by atoms with Gasteiger partial charge in [-0.1, -0.05) is 19.1 Å². The molecule has 2 fully saturated rings. The van der Waals surface area contributed by atoms with Crippen LogP contribution in [0.3, 0.4) is 0 Å². The van der Waals surface area contributed by atoms with Crippen LogP contribution in [-0.2, 0) is 9.53 Å². The number of carbonyl (C=O) groups is 2. The van der Waals surface area contributed by atoms with Crippen molar-refractivity contribution in [3.63, 3.8) is 0 Å². The van der Waals surface area contributed by atoms with E-state index >= 15 is 0 Å². The van der Waals surface area contributed by atoms with Crippen LogP contribution in [0.2, 0.25) is 0 Å². The first-order chi connectivity index (χ1) is 8.58. The zero-order valence-corrected chi connectivity index (χ0v) is 10.4. The molecule has 0 saturated heterocycles. The van der Waals surface area contributed by atoms with Crippen molar-refractivity contribution in [2.75, 3.05) is 6.61 Å². The molecule has 100 valence electrons. The lowest BCUT2D eigenvalue weighted by molar-refractivity contribution is -0.147. The average Bonchev–Trinajstić information content (AvgIpc) is 2.21. The molecule has 2 atom stereocenters. The number of nitrogens with one attached hydrogen (secondary N) is 1. The van der Waals surface area contributed by atoms with Crippen molar-refractivity contribution in [1.29, 1.82) is 0 Å². The van der Waals surface area contributed by atoms with E-state index in [2.05, 4.69) is 11.9 Å². The van der Waals surface area contributed by atoms with Gasteiger partial charge in [-0.25, -0.2) is 4.79 Å². The summed E-state index contributed by atoms with van der Waals surface area (Å²) in [5.41, 5.74) is 0.0194. The molecule has 5 nitrogen and oxygen atoms in total. The Balaban J connectivity index is 1.86. The number of alkyl carbamates (subject to hydrolysis) is 1. The van der Waals surface area contributed by atoms with Crippen LogP contribution in [0.1, 0.15) is 32.1 Å². The molecule has 2 aliphatic carbocycles. The lowest BCUT2D eigenvalue weighted by Crippen LogP contribution is -2.64. The maximum absolute atomic E-state index is 11.5. The Morgan fingerprint density at radius 2 is 2.22 bits per heavy atom. The molecule has 2 N–H and O–H groups in total. The van der Waals surface area contributed by atoms with Gasteiger partial charge in [-0.15, -0.1) is 0 Å². The predicted octanol–water partition coefficient (Wildman–Crippen LogP) is 1.93. The Labute approximate surface area is 106 Å². The molecular formula is C13H19NO4. The third-order valence-corrected chi connectivity index (χ3v) is 4.36. The zero-order chi connectivity index (χ0) is 13.2. The van der Waals surface area contributed by atoms with Crippen LogP contribution in [-0.4, -0.2) is 29.8 Å². The van der Waals surface area contributed by atoms with Gasteiger partial charge in [0, 0.05) is 12.5 Å². The first-order valence-corrected chi connectivity index (χ1v) is 6.34. The second-order valence-electron chi connectivity index (χ2n) is 5.20. The Kier molecular flexibility index (Phi) is 3.59. The summed E-state index contributed by atoms with van der Waals surface area (Å²) >= 11 is 0. The number of carbonyl (C=O) groups excluding carboxylic acids is 1. The minimum Gasteiger partial charge on any atom is -0.481 e. The number of carboxylic acids is 1. The molecule has 1 amide bonds. The van der Waals surface area contributed by atoms with Crippen molar-refractivity contribution in [1.82, 2.24) is 5.32 Å². The van der Waals surface area contributed by atoms with E-state index in [9.17, 15) is 9.59 Å². The second kappa shape index (κ2) is 5.00. The highest BCUT2D eigenvalue weighted by molar-refractivity contribution is 5.69. The molecule has 0 aromatic carbocycles. The molecule has 0 unspecified atom stereocenters. The van der Waals surface area contributed by atoms with Gasteiger partial charge in [-0.2, -0.15) is 0 Å². The maximum Gasteiger partial charge on any atom is 0.407 e. The van der Waals surface area contributed by atoms with Crippen molar-refractivity contribution in [3.8, 4) is 0 Å². The van der Waals surface area contributed by atoms with Gasteiger partial charge < -0.3 is 15.2 Å². The normalized spacial score (nSPS) is 27.8. The SMILES string of the molecule is C=CCOC(=O)N[C@H]1C[C@@H](CC(=O)O)C12CCC2. The molecule has 5 heteroatoms. The summed E-state index contributed by atoms with van der Waals surface area (Å²) < 4.78 is 4.89. The Morgan fingerprint density at radius 1 is 1.50 bits per heavy atom. The highest BCUT2D eigenvalue weighted by Gasteiger charge is 2.58. The fourth-order valence-corrected chi connectivity index (χ4v) is 3.24. The number of amides is 1. The molecule has 0 radical (unpaired) electrons. The van der Waals surface area contributed by atoms with E-state index in [1.807, 2.05) is 0 Å². The topological polar surface area (TPSA) is 75.6 Å². The molecule has 0 heterocycles. The van der Waals surface area contributed by atoms with Gasteiger partial charge >= 0.3 is 12.1 Å². The molecule has 18 heavy (non-hydrogen) atoms. The van der Waals surface area contributed by atoms with E-state index in [1.165, 1.54) is 6.08 Å². The third-order valence-electron chi connectivity index (χ3n) is 4.36. The quantitative estimate of drug-likeness (QED) is 0.734. The Bertz CT molecular complexity index is 362. The molecule has 0 aromatic heterocycles. The van der Waals surface area contributed by atoms with Crippen LogP contribution in [0.4, 0.5) is 4.79 Å². The summed E-state index contributed by atoms with van der Waals surface area (Å²) in [5, 5.41) is 11.7. The van der Waals surface area contributed by atoms with E-state index in [-0.39, 0.29) is 30.4 Å². The van der Waals surface area contributed by atoms with Gasteiger partial charge in [0.05, 0.1) is 0 Å².